The molecule has 0 amide bonds. The fourth-order valence-corrected chi connectivity index (χ4v) is 1.68. The van der Waals surface area contributed by atoms with E-state index in [2.05, 4.69) is 0 Å². The molecule has 1 fully saturated rings. The van der Waals surface area contributed by atoms with Gasteiger partial charge < -0.3 is 15.4 Å². The van der Waals surface area contributed by atoms with Gasteiger partial charge >= 0.3 is 0 Å². The van der Waals surface area contributed by atoms with E-state index in [0.29, 0.717) is 26.3 Å². The molecule has 1 heterocycles. The van der Waals surface area contributed by atoms with Gasteiger partial charge in [-0.3, -0.25) is 0 Å². The predicted octanol–water partition coefficient (Wildman–Crippen LogP) is 1.52. The minimum Gasteiger partial charge on any atom is -0.396 e. The largest absolute Gasteiger partial charge is 0.396 e. The van der Waals surface area contributed by atoms with Crippen molar-refractivity contribution < 1.29 is 17.9 Å². The molecule has 3 nitrogen and oxygen atoms in total. The van der Waals surface area contributed by atoms with Crippen LogP contribution in [-0.4, -0.2) is 26.3 Å². The maximum atomic E-state index is 13.5. The third-order valence-electron chi connectivity index (χ3n) is 2.49. The summed E-state index contributed by atoms with van der Waals surface area (Å²) in [6.07, 6.45) is 0. The van der Waals surface area contributed by atoms with E-state index in [1.165, 1.54) is 4.90 Å². The lowest BCUT2D eigenvalue weighted by Gasteiger charge is -2.29. The molecule has 0 bridgehead atoms. The Bertz CT molecular complexity index is 406. The molecule has 1 aliphatic heterocycles. The standard InChI is InChI=1S/C10H11F3N2O/c11-6-5-7(14)8(12)9(13)10(6)15-1-3-16-4-2-15/h5H,1-4,14H2. The van der Waals surface area contributed by atoms with Crippen molar-refractivity contribution in [3.63, 3.8) is 0 Å². The average Bonchev–Trinajstić information content (AvgIpc) is 2.28. The Morgan fingerprint density at radius 2 is 1.75 bits per heavy atom. The van der Waals surface area contributed by atoms with E-state index in [1.54, 1.807) is 0 Å². The second kappa shape index (κ2) is 4.21. The molecule has 0 aliphatic carbocycles. The third-order valence-corrected chi connectivity index (χ3v) is 2.49. The van der Waals surface area contributed by atoms with Crippen molar-refractivity contribution in [2.24, 2.45) is 0 Å². The number of morpholine rings is 1. The minimum atomic E-state index is -1.24. The van der Waals surface area contributed by atoms with Crippen LogP contribution in [0.5, 0.6) is 0 Å². The van der Waals surface area contributed by atoms with E-state index < -0.39 is 23.1 Å². The summed E-state index contributed by atoms with van der Waals surface area (Å²) in [4.78, 5) is 1.41. The first kappa shape index (κ1) is 11.1. The Hall–Kier alpha value is -1.43. The Labute approximate surface area is 90.6 Å². The van der Waals surface area contributed by atoms with Crippen LogP contribution in [0, 0.1) is 17.5 Å². The van der Waals surface area contributed by atoms with E-state index >= 15 is 0 Å². The molecule has 0 spiro atoms. The summed E-state index contributed by atoms with van der Waals surface area (Å²) in [5, 5.41) is 0. The number of hydrogen-bond acceptors (Lipinski definition) is 3. The smallest absolute Gasteiger partial charge is 0.187 e. The van der Waals surface area contributed by atoms with Crippen LogP contribution in [0.15, 0.2) is 6.07 Å². The Kier molecular flexibility index (Phi) is 2.91. The van der Waals surface area contributed by atoms with Crippen molar-refractivity contribution in [1.82, 2.24) is 0 Å². The monoisotopic (exact) mass is 232 g/mol. The first-order valence-corrected chi connectivity index (χ1v) is 4.87. The van der Waals surface area contributed by atoms with Gasteiger partial charge in [-0.25, -0.2) is 13.2 Å². The predicted molar refractivity (Wildman–Crippen MR) is 53.8 cm³/mol. The van der Waals surface area contributed by atoms with Crippen LogP contribution in [0.1, 0.15) is 0 Å². The molecular formula is C10H11F3N2O. The summed E-state index contributed by atoms with van der Waals surface area (Å²) in [5.41, 5.74) is 4.23. The number of nitrogens with zero attached hydrogens (tertiary/aromatic N) is 1. The van der Waals surface area contributed by atoms with Gasteiger partial charge in [-0.15, -0.1) is 0 Å². The summed E-state index contributed by atoms with van der Waals surface area (Å²) >= 11 is 0. The molecule has 2 N–H and O–H groups in total. The van der Waals surface area contributed by atoms with Crippen molar-refractivity contribution in [3.05, 3.63) is 23.5 Å². The molecule has 1 saturated heterocycles. The van der Waals surface area contributed by atoms with E-state index in [-0.39, 0.29) is 5.69 Å². The van der Waals surface area contributed by atoms with Gasteiger partial charge in [0.05, 0.1) is 18.9 Å². The third kappa shape index (κ3) is 1.80. The molecule has 0 saturated carbocycles. The fraction of sp³-hybridized carbons (Fsp3) is 0.400. The number of hydrogen-bond donors (Lipinski definition) is 1. The van der Waals surface area contributed by atoms with Gasteiger partial charge in [0.1, 0.15) is 5.69 Å². The molecule has 1 aliphatic rings. The number of benzene rings is 1. The molecular weight excluding hydrogens is 221 g/mol. The summed E-state index contributed by atoms with van der Waals surface area (Å²) in [5.74, 6) is -3.29. The maximum Gasteiger partial charge on any atom is 0.187 e. The highest BCUT2D eigenvalue weighted by atomic mass is 19.2. The Morgan fingerprint density at radius 3 is 2.38 bits per heavy atom. The second-order valence-electron chi connectivity index (χ2n) is 3.52. The van der Waals surface area contributed by atoms with Gasteiger partial charge in [-0.05, 0) is 0 Å². The number of nitrogens with two attached hydrogens (primary N) is 1. The molecule has 2 rings (SSSR count). The normalized spacial score (nSPS) is 16.6. The van der Waals surface area contributed by atoms with Crippen LogP contribution in [0.4, 0.5) is 24.5 Å². The first-order chi connectivity index (χ1) is 7.61. The fourth-order valence-electron chi connectivity index (χ4n) is 1.68. The van der Waals surface area contributed by atoms with Crippen LogP contribution >= 0.6 is 0 Å². The number of ether oxygens (including phenoxy) is 1. The Morgan fingerprint density at radius 1 is 1.12 bits per heavy atom. The van der Waals surface area contributed by atoms with E-state index in [0.717, 1.165) is 6.07 Å². The second-order valence-corrected chi connectivity index (χ2v) is 3.52. The summed E-state index contributed by atoms with van der Waals surface area (Å²) in [7, 11) is 0. The lowest BCUT2D eigenvalue weighted by molar-refractivity contribution is 0.122. The van der Waals surface area contributed by atoms with E-state index in [4.69, 9.17) is 10.5 Å². The van der Waals surface area contributed by atoms with E-state index in [9.17, 15) is 13.2 Å². The van der Waals surface area contributed by atoms with Crippen LogP contribution in [-0.2, 0) is 4.74 Å². The molecule has 16 heavy (non-hydrogen) atoms. The summed E-state index contributed by atoms with van der Waals surface area (Å²) in [6, 6.07) is 0.795. The SMILES string of the molecule is Nc1cc(F)c(N2CCOCC2)c(F)c1F. The van der Waals surface area contributed by atoms with Gasteiger partial charge in [0, 0.05) is 19.2 Å². The number of anilines is 2. The van der Waals surface area contributed by atoms with Gasteiger partial charge in [0.25, 0.3) is 0 Å². The number of nitrogen functional groups attached to an aromatic ring is 1. The van der Waals surface area contributed by atoms with Gasteiger partial charge in [0.2, 0.25) is 0 Å². The lowest BCUT2D eigenvalue weighted by atomic mass is 10.2. The highest BCUT2D eigenvalue weighted by Crippen LogP contribution is 2.29. The average molecular weight is 232 g/mol. The van der Waals surface area contributed by atoms with Gasteiger partial charge in [-0.2, -0.15) is 0 Å². The molecule has 0 atom stereocenters. The highest BCUT2D eigenvalue weighted by Gasteiger charge is 2.23. The zero-order valence-electron chi connectivity index (χ0n) is 8.47. The summed E-state index contributed by atoms with van der Waals surface area (Å²) in [6.45, 7) is 1.39. The van der Waals surface area contributed by atoms with E-state index in [1.807, 2.05) is 0 Å². The number of halogens is 3. The quantitative estimate of drug-likeness (QED) is 0.589. The van der Waals surface area contributed by atoms with Crippen molar-refractivity contribution in [1.29, 1.82) is 0 Å². The molecule has 0 unspecified atom stereocenters. The van der Waals surface area contributed by atoms with Crippen molar-refractivity contribution in [2.75, 3.05) is 36.9 Å². The molecule has 0 aromatic heterocycles. The topological polar surface area (TPSA) is 38.5 Å². The van der Waals surface area contributed by atoms with Crippen molar-refractivity contribution in [2.45, 2.75) is 0 Å². The zero-order valence-corrected chi connectivity index (χ0v) is 8.47. The van der Waals surface area contributed by atoms with Crippen LogP contribution in [0.3, 0.4) is 0 Å². The van der Waals surface area contributed by atoms with Crippen molar-refractivity contribution >= 4 is 11.4 Å². The molecule has 1 aromatic carbocycles. The van der Waals surface area contributed by atoms with Crippen LogP contribution in [0.2, 0.25) is 0 Å². The Balaban J connectivity index is 2.42. The van der Waals surface area contributed by atoms with Gasteiger partial charge in [-0.1, -0.05) is 0 Å². The minimum absolute atomic E-state index is 0.331. The van der Waals surface area contributed by atoms with Gasteiger partial charge in [0.15, 0.2) is 17.5 Å². The molecule has 0 radical (unpaired) electrons. The maximum absolute atomic E-state index is 13.5. The van der Waals surface area contributed by atoms with Crippen LogP contribution < -0.4 is 10.6 Å². The molecule has 88 valence electrons. The highest BCUT2D eigenvalue weighted by molar-refractivity contribution is 5.57. The molecule has 1 aromatic rings. The summed E-state index contributed by atoms with van der Waals surface area (Å²) < 4.78 is 45.3. The van der Waals surface area contributed by atoms with Crippen LogP contribution in [0.25, 0.3) is 0 Å². The zero-order chi connectivity index (χ0) is 11.7. The van der Waals surface area contributed by atoms with Crippen molar-refractivity contribution in [3.8, 4) is 0 Å². The lowest BCUT2D eigenvalue weighted by Crippen LogP contribution is -2.37. The first-order valence-electron chi connectivity index (χ1n) is 4.87. The number of rotatable bonds is 1. The molecule has 6 heteroatoms.